The van der Waals surface area contributed by atoms with Gasteiger partial charge in [-0.25, -0.2) is 0 Å². The van der Waals surface area contributed by atoms with Crippen molar-refractivity contribution in [1.82, 2.24) is 20.4 Å². The van der Waals surface area contributed by atoms with Gasteiger partial charge in [0.05, 0.1) is 5.92 Å². The van der Waals surface area contributed by atoms with Gasteiger partial charge in [0.25, 0.3) is 0 Å². The van der Waals surface area contributed by atoms with Crippen molar-refractivity contribution in [2.75, 3.05) is 13.1 Å². The number of halogens is 3. The first-order valence-electron chi connectivity index (χ1n) is 7.65. The quantitative estimate of drug-likeness (QED) is 0.869. The molecule has 0 unspecified atom stereocenters. The number of rotatable bonds is 5. The second-order valence-corrected chi connectivity index (χ2v) is 5.93. The Morgan fingerprint density at radius 1 is 1.46 bits per heavy atom. The molecule has 0 bridgehead atoms. The Morgan fingerprint density at radius 2 is 2.17 bits per heavy atom. The zero-order valence-electron chi connectivity index (χ0n) is 13.4. The Labute approximate surface area is 136 Å². The lowest BCUT2D eigenvalue weighted by atomic mass is 9.95. The van der Waals surface area contributed by atoms with Gasteiger partial charge in [-0.05, 0) is 20.3 Å². The summed E-state index contributed by atoms with van der Waals surface area (Å²) in [6.07, 6.45) is -3.86. The summed E-state index contributed by atoms with van der Waals surface area (Å²) in [5, 5.41) is 5.87. The lowest BCUT2D eigenvalue weighted by Crippen LogP contribution is -2.48. The van der Waals surface area contributed by atoms with Crippen molar-refractivity contribution < 1.29 is 27.3 Å². The van der Waals surface area contributed by atoms with E-state index in [1.54, 1.807) is 4.90 Å². The summed E-state index contributed by atoms with van der Waals surface area (Å²) >= 11 is 0. The van der Waals surface area contributed by atoms with Crippen LogP contribution < -0.4 is 5.32 Å². The highest BCUT2D eigenvalue weighted by Crippen LogP contribution is 2.27. The second-order valence-electron chi connectivity index (χ2n) is 5.93. The summed E-state index contributed by atoms with van der Waals surface area (Å²) in [5.74, 6) is -2.04. The van der Waals surface area contributed by atoms with Crippen LogP contribution >= 0.6 is 0 Å². The average molecular weight is 348 g/mol. The third-order valence-electron chi connectivity index (χ3n) is 3.80. The van der Waals surface area contributed by atoms with E-state index in [2.05, 4.69) is 20.0 Å². The molecule has 1 aliphatic rings. The van der Waals surface area contributed by atoms with Crippen molar-refractivity contribution in [2.24, 2.45) is 5.92 Å². The lowest BCUT2D eigenvalue weighted by Gasteiger charge is -2.34. The molecule has 1 aromatic heterocycles. The molecule has 1 aliphatic heterocycles. The van der Waals surface area contributed by atoms with E-state index >= 15 is 0 Å². The molecular weight excluding hydrogens is 329 g/mol. The van der Waals surface area contributed by atoms with E-state index in [0.717, 1.165) is 0 Å². The molecular formula is C14H19F3N4O3. The van der Waals surface area contributed by atoms with Crippen LogP contribution in [0.3, 0.4) is 0 Å². The molecule has 2 amide bonds. The van der Waals surface area contributed by atoms with E-state index < -0.39 is 12.1 Å². The third-order valence-corrected chi connectivity index (χ3v) is 3.80. The maximum atomic E-state index is 12.3. The van der Waals surface area contributed by atoms with Gasteiger partial charge >= 0.3 is 12.1 Å². The van der Waals surface area contributed by atoms with Gasteiger partial charge in [0.15, 0.2) is 5.82 Å². The summed E-state index contributed by atoms with van der Waals surface area (Å²) < 4.78 is 41.1. The maximum Gasteiger partial charge on any atom is 0.471 e. The fourth-order valence-corrected chi connectivity index (χ4v) is 2.50. The summed E-state index contributed by atoms with van der Waals surface area (Å²) in [6.45, 7) is 4.21. The number of carbonyl (C=O) groups is 2. The number of nitrogens with one attached hydrogen (secondary N) is 1. The normalized spacial score (nSPS) is 19.0. The summed E-state index contributed by atoms with van der Waals surface area (Å²) in [7, 11) is 0. The van der Waals surface area contributed by atoms with Gasteiger partial charge in [-0.15, -0.1) is 0 Å². The molecule has 1 N–H and O–H groups in total. The number of piperidine rings is 1. The Morgan fingerprint density at radius 3 is 2.75 bits per heavy atom. The van der Waals surface area contributed by atoms with Crippen molar-refractivity contribution >= 4 is 11.8 Å². The van der Waals surface area contributed by atoms with Crippen molar-refractivity contribution in [3.05, 3.63) is 11.7 Å². The largest absolute Gasteiger partial charge is 0.471 e. The first-order chi connectivity index (χ1) is 11.2. The van der Waals surface area contributed by atoms with Crippen LogP contribution in [-0.4, -0.2) is 46.0 Å². The monoisotopic (exact) mass is 348 g/mol. The van der Waals surface area contributed by atoms with Gasteiger partial charge in [-0.1, -0.05) is 5.16 Å². The standard InChI is InChI=1S/C14H19F3N4O3/c1-8(2)21-7-9(3-4-11(21)22)12(23)18-6-5-10-19-13(24-20-10)14(15,16)17/h8-9H,3-7H2,1-2H3,(H,18,23)/t9-/m1/s1. The first kappa shape index (κ1) is 18.2. The zero-order chi connectivity index (χ0) is 17.9. The van der Waals surface area contributed by atoms with E-state index in [1.165, 1.54) is 0 Å². The van der Waals surface area contributed by atoms with Crippen LogP contribution in [-0.2, 0) is 22.2 Å². The average Bonchev–Trinajstić information content (AvgIpc) is 2.96. The number of amides is 2. The van der Waals surface area contributed by atoms with Gasteiger partial charge < -0.3 is 14.7 Å². The van der Waals surface area contributed by atoms with Crippen LogP contribution in [0.2, 0.25) is 0 Å². The molecule has 1 aromatic rings. The number of carbonyl (C=O) groups excluding carboxylic acids is 2. The Bertz CT molecular complexity index is 600. The molecule has 2 heterocycles. The summed E-state index contributed by atoms with van der Waals surface area (Å²) in [5.41, 5.74) is 0. The van der Waals surface area contributed by atoms with Crippen LogP contribution in [0, 0.1) is 5.92 Å². The van der Waals surface area contributed by atoms with Gasteiger partial charge in [0.1, 0.15) is 0 Å². The molecule has 1 fully saturated rings. The van der Waals surface area contributed by atoms with Crippen molar-refractivity contribution in [3.8, 4) is 0 Å². The third kappa shape index (κ3) is 4.45. The highest BCUT2D eigenvalue weighted by atomic mass is 19.4. The molecule has 134 valence electrons. The minimum absolute atomic E-state index is 0.0215. The van der Waals surface area contributed by atoms with Crippen LogP contribution in [0.15, 0.2) is 4.52 Å². The molecule has 7 nitrogen and oxygen atoms in total. The molecule has 0 spiro atoms. The highest BCUT2D eigenvalue weighted by Gasteiger charge is 2.38. The van der Waals surface area contributed by atoms with Crippen LogP contribution in [0.5, 0.6) is 0 Å². The Balaban J connectivity index is 1.81. The zero-order valence-corrected chi connectivity index (χ0v) is 13.4. The number of nitrogens with zero attached hydrogens (tertiary/aromatic N) is 3. The molecule has 10 heteroatoms. The van der Waals surface area contributed by atoms with Gasteiger partial charge in [-0.2, -0.15) is 18.2 Å². The minimum Gasteiger partial charge on any atom is -0.355 e. The number of aromatic nitrogens is 2. The molecule has 0 aromatic carbocycles. The number of hydrogen-bond acceptors (Lipinski definition) is 5. The minimum atomic E-state index is -4.68. The van der Waals surface area contributed by atoms with Gasteiger partial charge in [0, 0.05) is 32.0 Å². The number of likely N-dealkylation sites (tertiary alicyclic amines) is 1. The molecule has 24 heavy (non-hydrogen) atoms. The predicted molar refractivity (Wildman–Crippen MR) is 75.6 cm³/mol. The van der Waals surface area contributed by atoms with Crippen LogP contribution in [0.4, 0.5) is 13.2 Å². The predicted octanol–water partition coefficient (Wildman–Crippen LogP) is 1.39. The molecule has 0 saturated carbocycles. The van der Waals surface area contributed by atoms with E-state index in [9.17, 15) is 22.8 Å². The number of alkyl halides is 3. The highest BCUT2D eigenvalue weighted by molar-refractivity contribution is 5.83. The van der Waals surface area contributed by atoms with E-state index in [4.69, 9.17) is 0 Å². The second kappa shape index (κ2) is 7.18. The lowest BCUT2D eigenvalue weighted by molar-refractivity contribution is -0.159. The molecule has 1 saturated heterocycles. The fourth-order valence-electron chi connectivity index (χ4n) is 2.50. The van der Waals surface area contributed by atoms with Gasteiger partial charge in [0.2, 0.25) is 11.8 Å². The topological polar surface area (TPSA) is 88.3 Å². The van der Waals surface area contributed by atoms with Crippen LogP contribution in [0.25, 0.3) is 0 Å². The maximum absolute atomic E-state index is 12.3. The first-order valence-corrected chi connectivity index (χ1v) is 7.65. The van der Waals surface area contributed by atoms with Gasteiger partial charge in [-0.3, -0.25) is 9.59 Å². The van der Waals surface area contributed by atoms with Crippen molar-refractivity contribution in [3.63, 3.8) is 0 Å². The SMILES string of the molecule is CC(C)N1C[C@H](C(=O)NCCc2noc(C(F)(F)F)n2)CCC1=O. The van der Waals surface area contributed by atoms with E-state index in [1.807, 2.05) is 13.8 Å². The molecule has 2 rings (SSSR count). The smallest absolute Gasteiger partial charge is 0.355 e. The molecule has 1 atom stereocenters. The van der Waals surface area contributed by atoms with Crippen molar-refractivity contribution in [2.45, 2.75) is 45.3 Å². The van der Waals surface area contributed by atoms with Crippen LogP contribution in [0.1, 0.15) is 38.4 Å². The summed E-state index contributed by atoms with van der Waals surface area (Å²) in [6, 6.07) is 0.0215. The molecule has 0 aliphatic carbocycles. The summed E-state index contributed by atoms with van der Waals surface area (Å²) in [4.78, 5) is 28.8. The molecule has 0 radical (unpaired) electrons. The van der Waals surface area contributed by atoms with E-state index in [-0.39, 0.29) is 42.6 Å². The Kier molecular flexibility index (Phi) is 5.45. The number of hydrogen-bond donors (Lipinski definition) is 1. The Hall–Kier alpha value is -2.13. The fraction of sp³-hybridized carbons (Fsp3) is 0.714. The van der Waals surface area contributed by atoms with Crippen molar-refractivity contribution in [1.29, 1.82) is 0 Å². The van der Waals surface area contributed by atoms with E-state index in [0.29, 0.717) is 19.4 Å².